The minimum atomic E-state index is -3.90. The molecule has 2 aromatic carbocycles. The molecule has 13 heteroatoms. The number of morpholine rings is 1. The number of anilines is 2. The number of para-hydroxylation sites is 2. The van der Waals surface area contributed by atoms with Crippen molar-refractivity contribution >= 4 is 37.3 Å². The molecule has 1 unspecified atom stereocenters. The normalized spacial score (nSPS) is 19.1. The molecule has 11 nitrogen and oxygen atoms in total. The van der Waals surface area contributed by atoms with Gasteiger partial charge in [-0.25, -0.2) is 16.8 Å². The molecule has 0 bridgehead atoms. The zero-order valence-corrected chi connectivity index (χ0v) is 20.3. The van der Waals surface area contributed by atoms with Crippen molar-refractivity contribution in [2.24, 2.45) is 0 Å². The number of nitrogens with one attached hydrogen (secondary N) is 1. The van der Waals surface area contributed by atoms with Crippen LogP contribution in [0.5, 0.6) is 11.5 Å². The summed E-state index contributed by atoms with van der Waals surface area (Å²) < 4.78 is 69.6. The van der Waals surface area contributed by atoms with Crippen molar-refractivity contribution in [3.05, 3.63) is 42.5 Å². The van der Waals surface area contributed by atoms with E-state index in [1.807, 2.05) is 0 Å². The van der Waals surface area contributed by atoms with Crippen molar-refractivity contribution in [1.82, 2.24) is 4.31 Å². The van der Waals surface area contributed by atoms with Crippen LogP contribution in [-0.2, 0) is 29.6 Å². The number of fused-ring (bicyclic) bond motifs is 1. The van der Waals surface area contributed by atoms with E-state index in [9.17, 15) is 21.6 Å². The average molecular weight is 512 g/mol. The Balaban J connectivity index is 1.60. The van der Waals surface area contributed by atoms with Crippen molar-refractivity contribution in [2.45, 2.75) is 11.0 Å². The molecule has 1 fully saturated rings. The largest absolute Gasteiger partial charge is 0.495 e. The van der Waals surface area contributed by atoms with Gasteiger partial charge in [0.25, 0.3) is 5.91 Å². The molecule has 184 valence electrons. The lowest BCUT2D eigenvalue weighted by molar-refractivity contribution is -0.122. The van der Waals surface area contributed by atoms with Crippen molar-refractivity contribution in [3.63, 3.8) is 0 Å². The summed E-state index contributed by atoms with van der Waals surface area (Å²) in [4.78, 5) is 12.9. The van der Waals surface area contributed by atoms with Gasteiger partial charge < -0.3 is 19.5 Å². The van der Waals surface area contributed by atoms with E-state index in [0.29, 0.717) is 5.69 Å². The van der Waals surface area contributed by atoms with Crippen LogP contribution in [0, 0.1) is 0 Å². The predicted molar refractivity (Wildman–Crippen MR) is 124 cm³/mol. The second-order valence-electron chi connectivity index (χ2n) is 7.74. The minimum absolute atomic E-state index is 0.0950. The van der Waals surface area contributed by atoms with Crippen molar-refractivity contribution in [3.8, 4) is 11.5 Å². The molecular weight excluding hydrogens is 486 g/mol. The lowest BCUT2D eigenvalue weighted by Gasteiger charge is -2.33. The molecule has 0 radical (unpaired) electrons. The number of nitrogens with zero attached hydrogens (tertiary/aromatic N) is 2. The smallest absolute Gasteiger partial charge is 0.267 e. The molecule has 0 aliphatic carbocycles. The lowest BCUT2D eigenvalue weighted by Crippen LogP contribution is -2.48. The number of benzene rings is 2. The summed E-state index contributed by atoms with van der Waals surface area (Å²) in [5.41, 5.74) is 0.545. The standard InChI is InChI=1S/C21H25N3O8S2/c1-30-18-8-7-15(13-20(18)34(28,29)23-9-11-31-12-10-23)22-21(25)19-14-24(33(2,26)27)16-5-3-4-6-17(16)32-19/h3-8,13,19H,9-12,14H2,1-2H3,(H,22,25). The molecule has 0 aromatic heterocycles. The van der Waals surface area contributed by atoms with Crippen LogP contribution in [0.3, 0.4) is 0 Å². The first-order chi connectivity index (χ1) is 16.1. The maximum absolute atomic E-state index is 13.2. The van der Waals surface area contributed by atoms with E-state index in [1.165, 1.54) is 29.6 Å². The highest BCUT2D eigenvalue weighted by Gasteiger charge is 2.35. The quantitative estimate of drug-likeness (QED) is 0.605. The van der Waals surface area contributed by atoms with Gasteiger partial charge in [0.05, 0.1) is 38.8 Å². The molecule has 2 aliphatic heterocycles. The highest BCUT2D eigenvalue weighted by Crippen LogP contribution is 2.35. The highest BCUT2D eigenvalue weighted by atomic mass is 32.2. The van der Waals surface area contributed by atoms with Gasteiger partial charge in [0, 0.05) is 18.8 Å². The zero-order valence-electron chi connectivity index (χ0n) is 18.6. The summed E-state index contributed by atoms with van der Waals surface area (Å²) in [7, 11) is -6.20. The third-order valence-corrected chi connectivity index (χ3v) is 8.51. The summed E-state index contributed by atoms with van der Waals surface area (Å²) in [5, 5.41) is 2.63. The summed E-state index contributed by atoms with van der Waals surface area (Å²) >= 11 is 0. The van der Waals surface area contributed by atoms with Gasteiger partial charge >= 0.3 is 0 Å². The van der Waals surface area contributed by atoms with Crippen LogP contribution in [0.25, 0.3) is 0 Å². The van der Waals surface area contributed by atoms with E-state index < -0.39 is 32.1 Å². The Labute approximate surface area is 198 Å². The van der Waals surface area contributed by atoms with Crippen molar-refractivity contribution in [1.29, 1.82) is 0 Å². The third-order valence-electron chi connectivity index (χ3n) is 5.45. The molecule has 1 atom stereocenters. The fourth-order valence-electron chi connectivity index (χ4n) is 3.76. The van der Waals surface area contributed by atoms with E-state index in [1.54, 1.807) is 24.3 Å². The Kier molecular flexibility index (Phi) is 6.71. The number of hydrogen-bond donors (Lipinski definition) is 1. The van der Waals surface area contributed by atoms with E-state index in [2.05, 4.69) is 5.32 Å². The van der Waals surface area contributed by atoms with Crippen molar-refractivity contribution < 1.29 is 35.8 Å². The maximum atomic E-state index is 13.2. The van der Waals surface area contributed by atoms with Crippen LogP contribution in [-0.4, -0.2) is 79.4 Å². The summed E-state index contributed by atoms with van der Waals surface area (Å²) in [6.45, 7) is 0.763. The monoisotopic (exact) mass is 511 g/mol. The second-order valence-corrected chi connectivity index (χ2v) is 11.6. The molecule has 34 heavy (non-hydrogen) atoms. The highest BCUT2D eigenvalue weighted by molar-refractivity contribution is 7.92. The third kappa shape index (κ3) is 4.82. The summed E-state index contributed by atoms with van der Waals surface area (Å²) in [6, 6.07) is 10.8. The number of rotatable bonds is 6. The number of carbonyl (C=O) groups excluding carboxylic acids is 1. The van der Waals surface area contributed by atoms with Crippen LogP contribution < -0.4 is 19.1 Å². The predicted octanol–water partition coefficient (Wildman–Crippen LogP) is 0.882. The number of carbonyl (C=O) groups is 1. The zero-order chi connectivity index (χ0) is 24.5. The van der Waals surface area contributed by atoms with Gasteiger partial charge in [-0.05, 0) is 30.3 Å². The van der Waals surface area contributed by atoms with E-state index >= 15 is 0 Å². The summed E-state index contributed by atoms with van der Waals surface area (Å²) in [6.07, 6.45) is -0.0953. The van der Waals surface area contributed by atoms with Crippen molar-refractivity contribution in [2.75, 3.05) is 55.8 Å². The SMILES string of the molecule is COc1ccc(NC(=O)C2CN(S(C)(=O)=O)c3ccccc3O2)cc1S(=O)(=O)N1CCOCC1. The molecule has 1 saturated heterocycles. The molecular formula is C21H25N3O8S2. The first-order valence-corrected chi connectivity index (χ1v) is 13.7. The Hall–Kier alpha value is -2.87. The van der Waals surface area contributed by atoms with Gasteiger partial charge in [0.2, 0.25) is 20.0 Å². The molecule has 2 heterocycles. The second kappa shape index (κ2) is 9.41. The summed E-state index contributed by atoms with van der Waals surface area (Å²) in [5.74, 6) is -0.233. The molecule has 0 spiro atoms. The molecule has 1 amide bonds. The lowest BCUT2D eigenvalue weighted by atomic mass is 10.2. The van der Waals surface area contributed by atoms with Gasteiger partial charge in [-0.3, -0.25) is 9.10 Å². The number of amides is 1. The fraction of sp³-hybridized carbons (Fsp3) is 0.381. The number of ether oxygens (including phenoxy) is 3. The first kappa shape index (κ1) is 24.3. The van der Waals surface area contributed by atoms with E-state index in [-0.39, 0.29) is 54.9 Å². The minimum Gasteiger partial charge on any atom is -0.495 e. The Bertz CT molecular complexity index is 1290. The van der Waals surface area contributed by atoms with Crippen LogP contribution in [0.1, 0.15) is 0 Å². The van der Waals surface area contributed by atoms with Crippen LogP contribution >= 0.6 is 0 Å². The van der Waals surface area contributed by atoms with E-state index in [0.717, 1.165) is 10.6 Å². The fourth-order valence-corrected chi connectivity index (χ4v) is 6.26. The number of methoxy groups -OCH3 is 1. The molecule has 4 rings (SSSR count). The van der Waals surface area contributed by atoms with Gasteiger partial charge in [0.1, 0.15) is 16.4 Å². The van der Waals surface area contributed by atoms with Crippen LogP contribution in [0.4, 0.5) is 11.4 Å². The Morgan fingerprint density at radius 3 is 2.47 bits per heavy atom. The molecule has 2 aliphatic rings. The Morgan fingerprint density at radius 2 is 1.79 bits per heavy atom. The first-order valence-electron chi connectivity index (χ1n) is 10.4. The Morgan fingerprint density at radius 1 is 1.09 bits per heavy atom. The van der Waals surface area contributed by atoms with E-state index in [4.69, 9.17) is 14.2 Å². The van der Waals surface area contributed by atoms with Gasteiger partial charge in [-0.15, -0.1) is 0 Å². The van der Waals surface area contributed by atoms with Gasteiger partial charge in [-0.1, -0.05) is 12.1 Å². The van der Waals surface area contributed by atoms with Crippen LogP contribution in [0.2, 0.25) is 0 Å². The van der Waals surface area contributed by atoms with Gasteiger partial charge in [0.15, 0.2) is 6.10 Å². The number of hydrogen-bond acceptors (Lipinski definition) is 8. The van der Waals surface area contributed by atoms with Crippen LogP contribution in [0.15, 0.2) is 47.4 Å². The molecule has 2 aromatic rings. The topological polar surface area (TPSA) is 132 Å². The molecule has 1 N–H and O–H groups in total. The molecule has 0 saturated carbocycles. The average Bonchev–Trinajstić information content (AvgIpc) is 2.83. The maximum Gasteiger partial charge on any atom is 0.267 e. The number of sulfonamides is 2. The van der Waals surface area contributed by atoms with Gasteiger partial charge in [-0.2, -0.15) is 4.31 Å².